The van der Waals surface area contributed by atoms with Crippen molar-refractivity contribution in [2.75, 3.05) is 13.2 Å². The van der Waals surface area contributed by atoms with E-state index in [4.69, 9.17) is 9.47 Å². The van der Waals surface area contributed by atoms with E-state index in [0.717, 1.165) is 18.9 Å². The lowest BCUT2D eigenvalue weighted by atomic mass is 10.1. The highest BCUT2D eigenvalue weighted by Gasteiger charge is 2.15. The third-order valence-electron chi connectivity index (χ3n) is 3.73. The van der Waals surface area contributed by atoms with E-state index in [2.05, 4.69) is 29.0 Å². The fraction of sp³-hybridized carbons (Fsp3) is 0.500. The lowest BCUT2D eigenvalue weighted by molar-refractivity contribution is 0.00670. The van der Waals surface area contributed by atoms with Crippen molar-refractivity contribution < 1.29 is 9.47 Å². The maximum absolute atomic E-state index is 5.82. The molecule has 1 atom stereocenters. The minimum Gasteiger partial charge on any atom is -0.494 e. The highest BCUT2D eigenvalue weighted by Crippen LogP contribution is 2.24. The Labute approximate surface area is 114 Å². The molecule has 0 N–H and O–H groups in total. The molecule has 1 fully saturated rings. The van der Waals surface area contributed by atoms with Gasteiger partial charge in [-0.25, -0.2) is 0 Å². The van der Waals surface area contributed by atoms with E-state index in [-0.39, 0.29) is 0 Å². The molecule has 0 aliphatic carbocycles. The van der Waals surface area contributed by atoms with Crippen molar-refractivity contribution in [1.82, 2.24) is 4.57 Å². The van der Waals surface area contributed by atoms with Gasteiger partial charge in [0.2, 0.25) is 0 Å². The summed E-state index contributed by atoms with van der Waals surface area (Å²) in [6, 6.07) is 8.45. The molecule has 2 aromatic rings. The maximum atomic E-state index is 5.82. The first kappa shape index (κ1) is 12.5. The van der Waals surface area contributed by atoms with Gasteiger partial charge in [-0.05, 0) is 50.5 Å². The Kier molecular flexibility index (Phi) is 3.74. The quantitative estimate of drug-likeness (QED) is 0.837. The smallest absolute Gasteiger partial charge is 0.120 e. The molecule has 0 amide bonds. The van der Waals surface area contributed by atoms with Crippen LogP contribution in [-0.4, -0.2) is 23.9 Å². The van der Waals surface area contributed by atoms with Crippen molar-refractivity contribution in [3.05, 3.63) is 30.5 Å². The van der Waals surface area contributed by atoms with Gasteiger partial charge in [0.1, 0.15) is 5.75 Å². The number of hydrogen-bond acceptors (Lipinski definition) is 2. The van der Waals surface area contributed by atoms with Crippen LogP contribution in [0.25, 0.3) is 10.9 Å². The molecule has 0 radical (unpaired) electrons. The van der Waals surface area contributed by atoms with E-state index < -0.39 is 0 Å². The summed E-state index contributed by atoms with van der Waals surface area (Å²) in [5.74, 6) is 0.946. The van der Waals surface area contributed by atoms with Crippen molar-refractivity contribution >= 4 is 10.9 Å². The molecule has 19 heavy (non-hydrogen) atoms. The zero-order chi connectivity index (χ0) is 13.1. The van der Waals surface area contributed by atoms with Crippen molar-refractivity contribution in [2.24, 2.45) is 0 Å². The zero-order valence-corrected chi connectivity index (χ0v) is 11.5. The Bertz CT molecular complexity index is 541. The summed E-state index contributed by atoms with van der Waals surface area (Å²) >= 11 is 0. The highest BCUT2D eigenvalue weighted by molar-refractivity contribution is 5.81. The number of hydrogen-bond donors (Lipinski definition) is 0. The molecule has 0 saturated carbocycles. The Hall–Kier alpha value is -1.48. The van der Waals surface area contributed by atoms with Crippen LogP contribution < -0.4 is 4.74 Å². The molecule has 1 aromatic carbocycles. The summed E-state index contributed by atoms with van der Waals surface area (Å²) in [6.07, 6.45) is 6.20. The minimum absolute atomic E-state index is 0.371. The second-order valence-corrected chi connectivity index (χ2v) is 5.11. The van der Waals surface area contributed by atoms with Gasteiger partial charge in [-0.1, -0.05) is 0 Å². The van der Waals surface area contributed by atoms with Crippen molar-refractivity contribution in [1.29, 1.82) is 0 Å². The molecule has 2 heterocycles. The van der Waals surface area contributed by atoms with Crippen LogP contribution in [-0.2, 0) is 11.3 Å². The summed E-state index contributed by atoms with van der Waals surface area (Å²) in [4.78, 5) is 0. The van der Waals surface area contributed by atoms with Crippen LogP contribution in [0.15, 0.2) is 30.5 Å². The second kappa shape index (κ2) is 5.66. The molecule has 3 rings (SSSR count). The van der Waals surface area contributed by atoms with E-state index in [1.165, 1.54) is 30.2 Å². The van der Waals surface area contributed by atoms with Crippen molar-refractivity contribution in [2.45, 2.75) is 38.8 Å². The number of benzene rings is 1. The third-order valence-corrected chi connectivity index (χ3v) is 3.73. The second-order valence-electron chi connectivity index (χ2n) is 5.11. The van der Waals surface area contributed by atoms with E-state index in [9.17, 15) is 0 Å². The van der Waals surface area contributed by atoms with Crippen LogP contribution in [0, 0.1) is 0 Å². The van der Waals surface area contributed by atoms with Crippen LogP contribution >= 0.6 is 0 Å². The predicted molar refractivity (Wildman–Crippen MR) is 76.7 cm³/mol. The normalized spacial score (nSPS) is 19.7. The van der Waals surface area contributed by atoms with Crippen molar-refractivity contribution in [3.8, 4) is 5.75 Å². The molecule has 0 spiro atoms. The van der Waals surface area contributed by atoms with Gasteiger partial charge in [0.15, 0.2) is 0 Å². The first-order valence-corrected chi connectivity index (χ1v) is 7.20. The van der Waals surface area contributed by atoms with Gasteiger partial charge < -0.3 is 14.0 Å². The van der Waals surface area contributed by atoms with E-state index in [1.807, 2.05) is 13.0 Å². The van der Waals surface area contributed by atoms with Gasteiger partial charge in [0, 0.05) is 30.3 Å². The van der Waals surface area contributed by atoms with Crippen molar-refractivity contribution in [3.63, 3.8) is 0 Å². The van der Waals surface area contributed by atoms with Crippen LogP contribution in [0.4, 0.5) is 0 Å². The van der Waals surface area contributed by atoms with Crippen LogP contribution in [0.1, 0.15) is 26.2 Å². The summed E-state index contributed by atoms with van der Waals surface area (Å²) in [7, 11) is 0. The standard InChI is InChI=1S/C16H21NO2/c1-2-18-14-6-7-16-13(11-14)8-9-17(16)12-15-5-3-4-10-19-15/h6-9,11,15H,2-5,10,12H2,1H3. The largest absolute Gasteiger partial charge is 0.494 e. The lowest BCUT2D eigenvalue weighted by Gasteiger charge is -2.23. The fourth-order valence-corrected chi connectivity index (χ4v) is 2.76. The lowest BCUT2D eigenvalue weighted by Crippen LogP contribution is -2.24. The SMILES string of the molecule is CCOc1ccc2c(ccn2CC2CCCCO2)c1. The number of aromatic nitrogens is 1. The number of fused-ring (bicyclic) bond motifs is 1. The molecule has 1 unspecified atom stereocenters. The van der Waals surface area contributed by atoms with Crippen LogP contribution in [0.2, 0.25) is 0 Å². The molecule has 1 aliphatic rings. The van der Waals surface area contributed by atoms with E-state index in [1.54, 1.807) is 0 Å². The van der Waals surface area contributed by atoms with E-state index in [0.29, 0.717) is 12.7 Å². The molecule has 1 aromatic heterocycles. The van der Waals surface area contributed by atoms with Gasteiger partial charge in [0.25, 0.3) is 0 Å². The summed E-state index contributed by atoms with van der Waals surface area (Å²) in [6.45, 7) is 4.59. The molecule has 3 nitrogen and oxygen atoms in total. The molecule has 102 valence electrons. The molecule has 1 saturated heterocycles. The minimum atomic E-state index is 0.371. The Morgan fingerprint density at radius 1 is 1.32 bits per heavy atom. The summed E-state index contributed by atoms with van der Waals surface area (Å²) in [5.41, 5.74) is 1.26. The average molecular weight is 259 g/mol. The van der Waals surface area contributed by atoms with Gasteiger partial charge >= 0.3 is 0 Å². The summed E-state index contributed by atoms with van der Waals surface area (Å²) in [5, 5.41) is 1.24. The first-order valence-electron chi connectivity index (χ1n) is 7.20. The molecule has 0 bridgehead atoms. The van der Waals surface area contributed by atoms with Gasteiger partial charge in [0.05, 0.1) is 12.7 Å². The number of rotatable bonds is 4. The van der Waals surface area contributed by atoms with Gasteiger partial charge in [-0.2, -0.15) is 0 Å². The summed E-state index contributed by atoms with van der Waals surface area (Å²) < 4.78 is 13.6. The Morgan fingerprint density at radius 2 is 2.26 bits per heavy atom. The predicted octanol–water partition coefficient (Wildman–Crippen LogP) is 3.61. The number of ether oxygens (including phenoxy) is 2. The maximum Gasteiger partial charge on any atom is 0.120 e. The van der Waals surface area contributed by atoms with Gasteiger partial charge in [-0.15, -0.1) is 0 Å². The fourth-order valence-electron chi connectivity index (χ4n) is 2.76. The highest BCUT2D eigenvalue weighted by atomic mass is 16.5. The Balaban J connectivity index is 1.80. The number of nitrogens with zero attached hydrogens (tertiary/aromatic N) is 1. The van der Waals surface area contributed by atoms with Gasteiger partial charge in [-0.3, -0.25) is 0 Å². The zero-order valence-electron chi connectivity index (χ0n) is 11.5. The monoisotopic (exact) mass is 259 g/mol. The topological polar surface area (TPSA) is 23.4 Å². The molecule has 1 aliphatic heterocycles. The van der Waals surface area contributed by atoms with Crippen LogP contribution in [0.5, 0.6) is 5.75 Å². The Morgan fingerprint density at radius 3 is 3.05 bits per heavy atom. The molecular weight excluding hydrogens is 238 g/mol. The molecule has 3 heteroatoms. The first-order chi connectivity index (χ1) is 9.36. The van der Waals surface area contributed by atoms with E-state index >= 15 is 0 Å². The van der Waals surface area contributed by atoms with Crippen LogP contribution in [0.3, 0.4) is 0 Å². The molecular formula is C16H21NO2. The third kappa shape index (κ3) is 2.76. The average Bonchev–Trinajstić information content (AvgIpc) is 2.83.